The molecule has 0 bridgehead atoms. The number of ether oxygens (including phenoxy) is 3. The van der Waals surface area contributed by atoms with Crippen LogP contribution in [-0.4, -0.2) is 65.7 Å². The summed E-state index contributed by atoms with van der Waals surface area (Å²) in [5, 5.41) is 28.7. The molecule has 3 N–H and O–H groups in total. The maximum Gasteiger partial charge on any atom is 0.311 e. The Morgan fingerprint density at radius 1 is 1.26 bits per heavy atom. The molecule has 112 valence electrons. The molecule has 0 aromatic carbocycles. The second-order valence-corrected chi connectivity index (χ2v) is 5.56. The van der Waals surface area contributed by atoms with Gasteiger partial charge in [0.25, 0.3) is 0 Å². The zero-order chi connectivity index (χ0) is 14.8. The molecule has 7 heteroatoms. The van der Waals surface area contributed by atoms with Gasteiger partial charge in [0.2, 0.25) is 0 Å². The number of methoxy groups -OCH3 is 1. The van der Waals surface area contributed by atoms with Crippen molar-refractivity contribution < 1.29 is 34.3 Å². The molecule has 1 rings (SSSR count). The first kappa shape index (κ1) is 16.3. The molecule has 0 aromatic heterocycles. The molecule has 7 nitrogen and oxygen atoms in total. The minimum Gasteiger partial charge on any atom is -0.454 e. The normalized spacial score (nSPS) is 36.1. The molecule has 0 aliphatic carbocycles. The van der Waals surface area contributed by atoms with Gasteiger partial charge in [0.05, 0.1) is 12.0 Å². The third kappa shape index (κ3) is 3.64. The van der Waals surface area contributed by atoms with Crippen LogP contribution in [0.5, 0.6) is 0 Å². The van der Waals surface area contributed by atoms with Gasteiger partial charge in [0, 0.05) is 7.11 Å². The molecule has 1 aliphatic rings. The van der Waals surface area contributed by atoms with E-state index < -0.39 is 48.7 Å². The molecule has 1 aliphatic heterocycles. The number of aliphatic hydroxyl groups excluding tert-OH is 3. The van der Waals surface area contributed by atoms with E-state index in [1.807, 2.05) is 0 Å². The van der Waals surface area contributed by atoms with E-state index in [1.54, 1.807) is 20.8 Å². The van der Waals surface area contributed by atoms with Crippen LogP contribution in [0.4, 0.5) is 0 Å². The van der Waals surface area contributed by atoms with Crippen molar-refractivity contribution in [2.75, 3.05) is 13.7 Å². The SMILES string of the molecule is CO[C@H]1O[C@H](CO)[C@@H](O)[C@H](O)[C@H]1OC(=O)C(C)(C)C. The molecule has 0 spiro atoms. The van der Waals surface area contributed by atoms with Crippen molar-refractivity contribution in [2.24, 2.45) is 5.41 Å². The van der Waals surface area contributed by atoms with Gasteiger partial charge in [-0.15, -0.1) is 0 Å². The highest BCUT2D eigenvalue weighted by Gasteiger charge is 2.47. The fourth-order valence-corrected chi connectivity index (χ4v) is 1.67. The third-order valence-corrected chi connectivity index (χ3v) is 2.91. The van der Waals surface area contributed by atoms with E-state index in [9.17, 15) is 15.0 Å². The zero-order valence-corrected chi connectivity index (χ0v) is 11.6. The Balaban J connectivity index is 2.82. The van der Waals surface area contributed by atoms with Gasteiger partial charge < -0.3 is 29.5 Å². The first-order valence-corrected chi connectivity index (χ1v) is 6.08. The number of rotatable bonds is 3. The minimum atomic E-state index is -1.39. The van der Waals surface area contributed by atoms with Crippen LogP contribution in [0, 0.1) is 5.41 Å². The Bertz CT molecular complexity index is 310. The first-order chi connectivity index (χ1) is 8.72. The number of hydrogen-bond acceptors (Lipinski definition) is 7. The zero-order valence-electron chi connectivity index (χ0n) is 11.6. The van der Waals surface area contributed by atoms with E-state index in [-0.39, 0.29) is 0 Å². The summed E-state index contributed by atoms with van der Waals surface area (Å²) in [4.78, 5) is 11.8. The van der Waals surface area contributed by atoms with E-state index in [2.05, 4.69) is 0 Å². The topological polar surface area (TPSA) is 105 Å². The van der Waals surface area contributed by atoms with E-state index in [0.29, 0.717) is 0 Å². The van der Waals surface area contributed by atoms with Crippen molar-refractivity contribution in [1.29, 1.82) is 0 Å². The van der Waals surface area contributed by atoms with Crippen LogP contribution in [0.3, 0.4) is 0 Å². The third-order valence-electron chi connectivity index (χ3n) is 2.91. The van der Waals surface area contributed by atoms with Gasteiger partial charge in [-0.3, -0.25) is 4.79 Å². The van der Waals surface area contributed by atoms with Crippen LogP contribution >= 0.6 is 0 Å². The lowest BCUT2D eigenvalue weighted by atomic mass is 9.95. The van der Waals surface area contributed by atoms with Gasteiger partial charge in [-0.25, -0.2) is 0 Å². The van der Waals surface area contributed by atoms with Gasteiger partial charge in [0.15, 0.2) is 12.4 Å². The highest BCUT2D eigenvalue weighted by Crippen LogP contribution is 2.26. The maximum absolute atomic E-state index is 11.8. The van der Waals surface area contributed by atoms with Gasteiger partial charge in [0.1, 0.15) is 18.3 Å². The Hall–Kier alpha value is -0.730. The summed E-state index contributed by atoms with van der Waals surface area (Å²) in [6, 6.07) is 0. The molecule has 0 radical (unpaired) electrons. The second-order valence-electron chi connectivity index (χ2n) is 5.56. The summed E-state index contributed by atoms with van der Waals surface area (Å²) in [7, 11) is 1.32. The molecule has 0 amide bonds. The number of esters is 1. The van der Waals surface area contributed by atoms with Crippen molar-refractivity contribution in [1.82, 2.24) is 0 Å². The summed E-state index contributed by atoms with van der Waals surface area (Å²) in [5.74, 6) is -0.545. The summed E-state index contributed by atoms with van der Waals surface area (Å²) in [5.41, 5.74) is -0.753. The van der Waals surface area contributed by atoms with Crippen molar-refractivity contribution in [3.05, 3.63) is 0 Å². The summed E-state index contributed by atoms with van der Waals surface area (Å²) in [6.45, 7) is 4.53. The van der Waals surface area contributed by atoms with Gasteiger partial charge >= 0.3 is 5.97 Å². The summed E-state index contributed by atoms with van der Waals surface area (Å²) in [6.07, 6.45) is -5.91. The average molecular weight is 278 g/mol. The van der Waals surface area contributed by atoms with Gasteiger partial charge in [-0.1, -0.05) is 0 Å². The van der Waals surface area contributed by atoms with Crippen LogP contribution in [0.1, 0.15) is 20.8 Å². The molecule has 5 atom stereocenters. The number of hydrogen-bond donors (Lipinski definition) is 3. The Morgan fingerprint density at radius 2 is 1.84 bits per heavy atom. The lowest BCUT2D eigenvalue weighted by Crippen LogP contribution is -2.60. The van der Waals surface area contributed by atoms with E-state index >= 15 is 0 Å². The van der Waals surface area contributed by atoms with Crippen molar-refractivity contribution in [2.45, 2.75) is 51.5 Å². The van der Waals surface area contributed by atoms with Crippen LogP contribution in [-0.2, 0) is 19.0 Å². The van der Waals surface area contributed by atoms with E-state index in [4.69, 9.17) is 19.3 Å². The molecule has 1 heterocycles. The van der Waals surface area contributed by atoms with Crippen molar-refractivity contribution >= 4 is 5.97 Å². The highest BCUT2D eigenvalue weighted by atomic mass is 16.7. The Kier molecular flexibility index (Phi) is 5.28. The molecule has 0 aromatic rings. The lowest BCUT2D eigenvalue weighted by Gasteiger charge is -2.41. The van der Waals surface area contributed by atoms with Crippen molar-refractivity contribution in [3.8, 4) is 0 Å². The van der Waals surface area contributed by atoms with Gasteiger partial charge in [-0.05, 0) is 20.8 Å². The largest absolute Gasteiger partial charge is 0.454 e. The average Bonchev–Trinajstić information content (AvgIpc) is 2.34. The summed E-state index contributed by atoms with van der Waals surface area (Å²) < 4.78 is 15.4. The van der Waals surface area contributed by atoms with Crippen LogP contribution < -0.4 is 0 Å². The van der Waals surface area contributed by atoms with Crippen LogP contribution in [0.15, 0.2) is 0 Å². The highest BCUT2D eigenvalue weighted by molar-refractivity contribution is 5.75. The quantitative estimate of drug-likeness (QED) is 0.570. The monoisotopic (exact) mass is 278 g/mol. The minimum absolute atomic E-state index is 0.474. The Labute approximate surface area is 112 Å². The fraction of sp³-hybridized carbons (Fsp3) is 0.917. The Morgan fingerprint density at radius 3 is 2.26 bits per heavy atom. The van der Waals surface area contributed by atoms with Crippen LogP contribution in [0.2, 0.25) is 0 Å². The molecular weight excluding hydrogens is 256 g/mol. The summed E-state index contributed by atoms with van der Waals surface area (Å²) >= 11 is 0. The smallest absolute Gasteiger partial charge is 0.311 e. The second kappa shape index (κ2) is 6.15. The van der Waals surface area contributed by atoms with Crippen molar-refractivity contribution in [3.63, 3.8) is 0 Å². The predicted molar refractivity (Wildman–Crippen MR) is 64.1 cm³/mol. The lowest BCUT2D eigenvalue weighted by molar-refractivity contribution is -0.299. The number of carbonyl (C=O) groups excluding carboxylic acids is 1. The molecule has 1 fully saturated rings. The standard InChI is InChI=1S/C12H22O7/c1-12(2,3)11(16)19-9-8(15)7(14)6(5-13)18-10(9)17-4/h6-10,13-15H,5H2,1-4H3/t6-,7-,8+,9-,10+/m1/s1. The fourth-order valence-electron chi connectivity index (χ4n) is 1.67. The predicted octanol–water partition coefficient (Wildman–Crippen LogP) is -0.970. The van der Waals surface area contributed by atoms with E-state index in [0.717, 1.165) is 0 Å². The molecule has 0 saturated carbocycles. The maximum atomic E-state index is 11.8. The van der Waals surface area contributed by atoms with Crippen LogP contribution in [0.25, 0.3) is 0 Å². The molecular formula is C12H22O7. The van der Waals surface area contributed by atoms with E-state index in [1.165, 1.54) is 7.11 Å². The molecule has 19 heavy (non-hydrogen) atoms. The molecule has 1 saturated heterocycles. The number of carbonyl (C=O) groups is 1. The number of aliphatic hydroxyl groups is 3. The first-order valence-electron chi connectivity index (χ1n) is 6.08. The molecule has 0 unspecified atom stereocenters. The van der Waals surface area contributed by atoms with Gasteiger partial charge in [-0.2, -0.15) is 0 Å².